The smallest absolute Gasteiger partial charge is 0.314 e. The van der Waals surface area contributed by atoms with Crippen LogP contribution in [-0.4, -0.2) is 19.7 Å². The van der Waals surface area contributed by atoms with Gasteiger partial charge < -0.3 is 15.3 Å². The van der Waals surface area contributed by atoms with Gasteiger partial charge in [0.25, 0.3) is 0 Å². The summed E-state index contributed by atoms with van der Waals surface area (Å²) in [6, 6.07) is 5.33. The van der Waals surface area contributed by atoms with Gasteiger partial charge >= 0.3 is 11.1 Å². The first kappa shape index (κ1) is 12.9. The lowest BCUT2D eigenvalue weighted by Crippen LogP contribution is -2.28. The van der Waals surface area contributed by atoms with Gasteiger partial charge in [-0.25, -0.2) is 4.68 Å². The second kappa shape index (κ2) is 5.12. The first-order valence-electron chi connectivity index (χ1n) is 6.31. The molecule has 3 rings (SSSR count). The van der Waals surface area contributed by atoms with Crippen LogP contribution >= 0.6 is 0 Å². The number of aromatic amines is 2. The Morgan fingerprint density at radius 1 is 1.24 bits per heavy atom. The van der Waals surface area contributed by atoms with E-state index in [4.69, 9.17) is 0 Å². The molecule has 21 heavy (non-hydrogen) atoms. The van der Waals surface area contributed by atoms with Crippen molar-refractivity contribution in [2.24, 2.45) is 0 Å². The Hall–Kier alpha value is -3.09. The van der Waals surface area contributed by atoms with Crippen molar-refractivity contribution in [3.05, 3.63) is 63.4 Å². The van der Waals surface area contributed by atoms with E-state index in [1.54, 1.807) is 29.2 Å². The predicted octanol–water partition coefficient (Wildman–Crippen LogP) is 1.13. The zero-order chi connectivity index (χ0) is 14.8. The summed E-state index contributed by atoms with van der Waals surface area (Å²) in [5.74, 6) is 0. The van der Waals surface area contributed by atoms with Crippen LogP contribution in [0.3, 0.4) is 0 Å². The first-order chi connectivity index (χ1) is 10.2. The molecule has 1 aromatic carbocycles. The summed E-state index contributed by atoms with van der Waals surface area (Å²) in [6.07, 6.45) is 5.22. The Balaban J connectivity index is 1.84. The minimum Gasteiger partial charge on any atom is -0.381 e. The number of benzene rings is 1. The Bertz CT molecular complexity index is 919. The van der Waals surface area contributed by atoms with Crippen LogP contribution in [-0.2, 0) is 6.54 Å². The van der Waals surface area contributed by atoms with Crippen molar-refractivity contribution in [2.45, 2.75) is 6.54 Å². The molecule has 0 aliphatic carbocycles. The van der Waals surface area contributed by atoms with E-state index in [2.05, 4.69) is 27.0 Å². The standard InChI is InChI=1S/C14H13N5O2/c1-2-19-8-9(7-16-19)6-15-10-3-4-11-12(5-10)18-14(21)13(20)17-11/h2-5,7-8,15H,1,6H2,(H,17,20)(H,18,21). The van der Waals surface area contributed by atoms with Gasteiger partial charge in [0, 0.05) is 30.2 Å². The molecule has 0 spiro atoms. The molecule has 0 amide bonds. The quantitative estimate of drug-likeness (QED) is 0.625. The van der Waals surface area contributed by atoms with Gasteiger partial charge in [-0.1, -0.05) is 6.58 Å². The lowest BCUT2D eigenvalue weighted by molar-refractivity contribution is 0.936. The molecule has 106 valence electrons. The number of rotatable bonds is 4. The maximum absolute atomic E-state index is 11.3. The second-order valence-corrected chi connectivity index (χ2v) is 4.53. The monoisotopic (exact) mass is 283 g/mol. The third-order valence-corrected chi connectivity index (χ3v) is 3.06. The van der Waals surface area contributed by atoms with E-state index in [1.807, 2.05) is 12.3 Å². The molecule has 3 N–H and O–H groups in total. The van der Waals surface area contributed by atoms with Crippen molar-refractivity contribution in [1.82, 2.24) is 19.7 Å². The number of anilines is 1. The van der Waals surface area contributed by atoms with Crippen molar-refractivity contribution < 1.29 is 0 Å². The van der Waals surface area contributed by atoms with E-state index >= 15 is 0 Å². The summed E-state index contributed by atoms with van der Waals surface area (Å²) in [5.41, 5.74) is 1.68. The summed E-state index contributed by atoms with van der Waals surface area (Å²) >= 11 is 0. The van der Waals surface area contributed by atoms with Gasteiger partial charge in [0.05, 0.1) is 17.2 Å². The van der Waals surface area contributed by atoms with Crippen LogP contribution in [0.15, 0.2) is 46.8 Å². The molecule has 2 aromatic heterocycles. The Labute approximate surface area is 118 Å². The van der Waals surface area contributed by atoms with Crippen LogP contribution in [0.5, 0.6) is 0 Å². The van der Waals surface area contributed by atoms with Crippen LogP contribution in [0, 0.1) is 0 Å². The number of aromatic nitrogens is 4. The second-order valence-electron chi connectivity index (χ2n) is 4.53. The van der Waals surface area contributed by atoms with E-state index < -0.39 is 11.1 Å². The number of hydrogen-bond donors (Lipinski definition) is 3. The van der Waals surface area contributed by atoms with E-state index in [0.717, 1.165) is 11.3 Å². The molecule has 0 aliphatic heterocycles. The minimum absolute atomic E-state index is 0.575. The van der Waals surface area contributed by atoms with Gasteiger partial charge in [-0.05, 0) is 18.2 Å². The SMILES string of the molecule is C=Cn1cc(CNc2ccc3[nH]c(=O)c(=O)[nH]c3c2)cn1. The summed E-state index contributed by atoms with van der Waals surface area (Å²) in [6.45, 7) is 4.22. The van der Waals surface area contributed by atoms with Gasteiger partial charge in [-0.15, -0.1) is 0 Å². The highest BCUT2D eigenvalue weighted by atomic mass is 16.2. The fourth-order valence-corrected chi connectivity index (χ4v) is 2.00. The normalized spacial score (nSPS) is 10.7. The highest BCUT2D eigenvalue weighted by Crippen LogP contribution is 2.14. The third-order valence-electron chi connectivity index (χ3n) is 3.06. The maximum Gasteiger partial charge on any atom is 0.314 e. The average Bonchev–Trinajstić information content (AvgIpc) is 2.94. The van der Waals surface area contributed by atoms with Gasteiger partial charge in [0.2, 0.25) is 0 Å². The molecular weight excluding hydrogens is 270 g/mol. The summed E-state index contributed by atoms with van der Waals surface area (Å²) in [7, 11) is 0. The number of H-pyrrole nitrogens is 2. The largest absolute Gasteiger partial charge is 0.381 e. The van der Waals surface area contributed by atoms with E-state index in [9.17, 15) is 9.59 Å². The number of fused-ring (bicyclic) bond motifs is 1. The fourth-order valence-electron chi connectivity index (χ4n) is 2.00. The first-order valence-corrected chi connectivity index (χ1v) is 6.31. The Kier molecular flexibility index (Phi) is 3.15. The van der Waals surface area contributed by atoms with Crippen molar-refractivity contribution in [2.75, 3.05) is 5.32 Å². The fraction of sp³-hybridized carbons (Fsp3) is 0.0714. The molecule has 0 saturated carbocycles. The molecular formula is C14H13N5O2. The third kappa shape index (κ3) is 2.62. The van der Waals surface area contributed by atoms with E-state index in [0.29, 0.717) is 17.6 Å². The Morgan fingerprint density at radius 2 is 2.00 bits per heavy atom. The van der Waals surface area contributed by atoms with Crippen molar-refractivity contribution >= 4 is 22.9 Å². The highest BCUT2D eigenvalue weighted by molar-refractivity contribution is 5.78. The summed E-state index contributed by atoms with van der Waals surface area (Å²) in [4.78, 5) is 27.6. The molecule has 2 heterocycles. The topological polar surface area (TPSA) is 95.6 Å². The average molecular weight is 283 g/mol. The van der Waals surface area contributed by atoms with Crippen molar-refractivity contribution in [1.29, 1.82) is 0 Å². The maximum atomic E-state index is 11.3. The van der Waals surface area contributed by atoms with Gasteiger partial charge in [-0.2, -0.15) is 5.10 Å². The van der Waals surface area contributed by atoms with E-state index in [-0.39, 0.29) is 0 Å². The van der Waals surface area contributed by atoms with Crippen LogP contribution in [0.1, 0.15) is 5.56 Å². The summed E-state index contributed by atoms with van der Waals surface area (Å²) < 4.78 is 1.62. The van der Waals surface area contributed by atoms with Crippen molar-refractivity contribution in [3.63, 3.8) is 0 Å². The molecule has 3 aromatic rings. The predicted molar refractivity (Wildman–Crippen MR) is 81.1 cm³/mol. The molecule has 0 bridgehead atoms. The molecule has 0 fully saturated rings. The molecule has 0 unspecified atom stereocenters. The molecule has 0 radical (unpaired) electrons. The molecule has 0 atom stereocenters. The zero-order valence-corrected chi connectivity index (χ0v) is 11.1. The van der Waals surface area contributed by atoms with Crippen molar-refractivity contribution in [3.8, 4) is 0 Å². The molecule has 7 heteroatoms. The van der Waals surface area contributed by atoms with Crippen LogP contribution in [0.4, 0.5) is 5.69 Å². The Morgan fingerprint density at radius 3 is 2.71 bits per heavy atom. The number of nitrogens with zero attached hydrogens (tertiary/aromatic N) is 2. The van der Waals surface area contributed by atoms with Crippen LogP contribution in [0.2, 0.25) is 0 Å². The lowest BCUT2D eigenvalue weighted by atomic mass is 10.2. The summed E-state index contributed by atoms with van der Waals surface area (Å²) in [5, 5.41) is 7.31. The van der Waals surface area contributed by atoms with E-state index in [1.165, 1.54) is 0 Å². The zero-order valence-electron chi connectivity index (χ0n) is 11.1. The van der Waals surface area contributed by atoms with Gasteiger partial charge in [-0.3, -0.25) is 9.59 Å². The van der Waals surface area contributed by atoms with Gasteiger partial charge in [0.1, 0.15) is 0 Å². The molecule has 7 nitrogen and oxygen atoms in total. The highest BCUT2D eigenvalue weighted by Gasteiger charge is 2.02. The number of nitrogens with one attached hydrogen (secondary N) is 3. The molecule has 0 aliphatic rings. The minimum atomic E-state index is -0.660. The lowest BCUT2D eigenvalue weighted by Gasteiger charge is -2.06. The van der Waals surface area contributed by atoms with Gasteiger partial charge in [0.15, 0.2) is 0 Å². The number of hydrogen-bond acceptors (Lipinski definition) is 4. The van der Waals surface area contributed by atoms with Crippen LogP contribution in [0.25, 0.3) is 17.2 Å². The van der Waals surface area contributed by atoms with Crippen LogP contribution < -0.4 is 16.4 Å². The molecule has 0 saturated heterocycles.